The second kappa shape index (κ2) is 4.11. The number of rotatable bonds is 2. The maximum absolute atomic E-state index is 11.7. The van der Waals surface area contributed by atoms with Gasteiger partial charge in [0.15, 0.2) is 9.84 Å². The Morgan fingerprint density at radius 2 is 2.25 bits per heavy atom. The Balaban J connectivity index is 1.63. The highest BCUT2D eigenvalue weighted by molar-refractivity contribution is 7.94. The fourth-order valence-electron chi connectivity index (χ4n) is 3.69. The van der Waals surface area contributed by atoms with E-state index in [1.807, 2.05) is 18.5 Å². The van der Waals surface area contributed by atoms with Gasteiger partial charge in [0.1, 0.15) is 12.4 Å². The van der Waals surface area contributed by atoms with Crippen LogP contribution in [0.4, 0.5) is 0 Å². The number of hydrogen-bond acceptors (Lipinski definition) is 5. The SMILES string of the molecule is CS(=O)(=O)C1=C2C=CN([C@@H]3C[C@H]4CC[C@@H]3N4)C=C2OC1. The maximum atomic E-state index is 11.7. The summed E-state index contributed by atoms with van der Waals surface area (Å²) in [4.78, 5) is 2.58. The average Bonchev–Trinajstić information content (AvgIpc) is 3.11. The molecule has 2 fully saturated rings. The number of fused-ring (bicyclic) bond motifs is 3. The molecule has 0 spiro atoms. The van der Waals surface area contributed by atoms with Crippen LogP contribution in [0.2, 0.25) is 0 Å². The summed E-state index contributed by atoms with van der Waals surface area (Å²) in [5, 5.41) is 3.61. The first-order chi connectivity index (χ1) is 9.52. The Morgan fingerprint density at radius 3 is 2.90 bits per heavy atom. The normalized spacial score (nSPS) is 35.4. The van der Waals surface area contributed by atoms with Crippen molar-refractivity contribution in [2.24, 2.45) is 0 Å². The van der Waals surface area contributed by atoms with Crippen molar-refractivity contribution < 1.29 is 13.2 Å². The van der Waals surface area contributed by atoms with E-state index in [1.165, 1.54) is 19.1 Å². The van der Waals surface area contributed by atoms with Crippen molar-refractivity contribution in [3.8, 4) is 0 Å². The Hall–Kier alpha value is -1.27. The highest BCUT2D eigenvalue weighted by atomic mass is 32.2. The fraction of sp³-hybridized carbons (Fsp3) is 0.571. The molecule has 4 aliphatic rings. The topological polar surface area (TPSA) is 58.6 Å². The monoisotopic (exact) mass is 294 g/mol. The minimum absolute atomic E-state index is 0.160. The van der Waals surface area contributed by atoms with Gasteiger partial charge in [0.05, 0.1) is 4.91 Å². The summed E-state index contributed by atoms with van der Waals surface area (Å²) in [6.45, 7) is 0.160. The summed E-state index contributed by atoms with van der Waals surface area (Å²) in [6.07, 6.45) is 10.7. The fourth-order valence-corrected chi connectivity index (χ4v) is 4.54. The Kier molecular flexibility index (Phi) is 2.57. The molecule has 108 valence electrons. The van der Waals surface area contributed by atoms with Crippen LogP contribution in [-0.4, -0.2) is 44.3 Å². The molecule has 1 N–H and O–H groups in total. The van der Waals surface area contributed by atoms with Crippen molar-refractivity contribution in [3.05, 3.63) is 34.7 Å². The zero-order chi connectivity index (χ0) is 13.9. The Morgan fingerprint density at radius 1 is 1.40 bits per heavy atom. The maximum Gasteiger partial charge on any atom is 0.175 e. The largest absolute Gasteiger partial charge is 0.486 e. The molecular weight excluding hydrogens is 276 g/mol. The number of nitrogens with zero attached hydrogens (tertiary/aromatic N) is 1. The van der Waals surface area contributed by atoms with E-state index < -0.39 is 9.84 Å². The van der Waals surface area contributed by atoms with Gasteiger partial charge in [0.2, 0.25) is 0 Å². The van der Waals surface area contributed by atoms with Crippen molar-refractivity contribution in [3.63, 3.8) is 0 Å². The van der Waals surface area contributed by atoms with Crippen LogP contribution >= 0.6 is 0 Å². The van der Waals surface area contributed by atoms with Gasteiger partial charge in [-0.2, -0.15) is 0 Å². The summed E-state index contributed by atoms with van der Waals surface area (Å²) in [5.74, 6) is 0.690. The van der Waals surface area contributed by atoms with Gasteiger partial charge in [-0.3, -0.25) is 0 Å². The average molecular weight is 294 g/mol. The van der Waals surface area contributed by atoms with Gasteiger partial charge < -0.3 is 15.0 Å². The number of sulfone groups is 1. The van der Waals surface area contributed by atoms with Crippen molar-refractivity contribution >= 4 is 9.84 Å². The Labute approximate surface area is 118 Å². The standard InChI is InChI=1S/C14H18N2O3S/c1-20(17,18)14-8-19-13-7-16(5-4-10(13)14)12-6-9-2-3-11(12)15-9/h4-5,7,9,11-12,15H,2-3,6,8H2,1H3/t9-,11+,12-/m1/s1. The van der Waals surface area contributed by atoms with E-state index in [0.29, 0.717) is 28.8 Å². The molecule has 2 saturated heterocycles. The third-order valence-electron chi connectivity index (χ3n) is 4.70. The first-order valence-electron chi connectivity index (χ1n) is 7.02. The third-order valence-corrected chi connectivity index (χ3v) is 5.93. The molecule has 0 aliphatic carbocycles. The molecule has 6 heteroatoms. The molecule has 4 rings (SSSR count). The highest BCUT2D eigenvalue weighted by Crippen LogP contribution is 2.37. The second-order valence-electron chi connectivity index (χ2n) is 6.00. The molecule has 2 bridgehead atoms. The van der Waals surface area contributed by atoms with Crippen LogP contribution < -0.4 is 5.32 Å². The number of hydrogen-bond donors (Lipinski definition) is 1. The van der Waals surface area contributed by atoms with Gasteiger partial charge in [0, 0.05) is 42.4 Å². The van der Waals surface area contributed by atoms with E-state index in [4.69, 9.17) is 4.74 Å². The van der Waals surface area contributed by atoms with E-state index >= 15 is 0 Å². The summed E-state index contributed by atoms with van der Waals surface area (Å²) in [6, 6.07) is 1.65. The molecule has 3 atom stereocenters. The van der Waals surface area contributed by atoms with Crippen LogP contribution in [0.1, 0.15) is 19.3 Å². The number of ether oxygens (including phenoxy) is 1. The lowest BCUT2D eigenvalue weighted by Crippen LogP contribution is -2.38. The van der Waals surface area contributed by atoms with Crippen LogP contribution in [0.5, 0.6) is 0 Å². The van der Waals surface area contributed by atoms with Crippen LogP contribution in [0, 0.1) is 0 Å². The van der Waals surface area contributed by atoms with Gasteiger partial charge in [0.25, 0.3) is 0 Å². The second-order valence-corrected chi connectivity index (χ2v) is 8.04. The van der Waals surface area contributed by atoms with Crippen LogP contribution in [0.15, 0.2) is 34.7 Å². The molecule has 0 saturated carbocycles. The minimum Gasteiger partial charge on any atom is -0.486 e. The summed E-state index contributed by atoms with van der Waals surface area (Å²) < 4.78 is 29.0. The lowest BCUT2D eigenvalue weighted by atomic mass is 9.94. The number of allylic oxidation sites excluding steroid dienone is 1. The summed E-state index contributed by atoms with van der Waals surface area (Å²) in [5.41, 5.74) is 0.722. The van der Waals surface area contributed by atoms with Crippen molar-refractivity contribution in [1.29, 1.82) is 0 Å². The molecule has 0 unspecified atom stereocenters. The lowest BCUT2D eigenvalue weighted by Gasteiger charge is -2.32. The number of nitrogens with one attached hydrogen (secondary N) is 1. The van der Waals surface area contributed by atoms with E-state index in [2.05, 4.69) is 10.2 Å². The van der Waals surface area contributed by atoms with E-state index in [0.717, 1.165) is 12.0 Å². The predicted octanol–water partition coefficient (Wildman–Crippen LogP) is 0.879. The molecule has 4 heterocycles. The predicted molar refractivity (Wildman–Crippen MR) is 75.2 cm³/mol. The molecule has 0 radical (unpaired) electrons. The zero-order valence-corrected chi connectivity index (χ0v) is 12.2. The van der Waals surface area contributed by atoms with E-state index in [1.54, 1.807) is 0 Å². The minimum atomic E-state index is -3.19. The molecule has 0 aromatic heterocycles. The lowest BCUT2D eigenvalue weighted by molar-refractivity contribution is 0.245. The zero-order valence-electron chi connectivity index (χ0n) is 11.4. The highest BCUT2D eigenvalue weighted by Gasteiger charge is 2.42. The summed E-state index contributed by atoms with van der Waals surface area (Å²) >= 11 is 0. The van der Waals surface area contributed by atoms with Gasteiger partial charge in [-0.05, 0) is 25.3 Å². The van der Waals surface area contributed by atoms with E-state index in [9.17, 15) is 8.42 Å². The van der Waals surface area contributed by atoms with Gasteiger partial charge in [-0.25, -0.2) is 8.42 Å². The van der Waals surface area contributed by atoms with Gasteiger partial charge in [-0.15, -0.1) is 0 Å². The molecule has 0 aromatic carbocycles. The van der Waals surface area contributed by atoms with Gasteiger partial charge in [-0.1, -0.05) is 0 Å². The Bertz CT molecular complexity index is 647. The first kappa shape index (κ1) is 12.5. The van der Waals surface area contributed by atoms with E-state index in [-0.39, 0.29) is 6.61 Å². The van der Waals surface area contributed by atoms with Crippen molar-refractivity contribution in [2.75, 3.05) is 12.9 Å². The third kappa shape index (κ3) is 1.82. The quantitative estimate of drug-likeness (QED) is 0.819. The van der Waals surface area contributed by atoms with Crippen LogP contribution in [0.25, 0.3) is 0 Å². The van der Waals surface area contributed by atoms with Crippen molar-refractivity contribution in [2.45, 2.75) is 37.4 Å². The van der Waals surface area contributed by atoms with Crippen molar-refractivity contribution in [1.82, 2.24) is 10.2 Å². The first-order valence-corrected chi connectivity index (χ1v) is 8.91. The summed E-state index contributed by atoms with van der Waals surface area (Å²) in [7, 11) is -3.19. The molecule has 5 nitrogen and oxygen atoms in total. The molecule has 20 heavy (non-hydrogen) atoms. The molecular formula is C14H18N2O3S. The smallest absolute Gasteiger partial charge is 0.175 e. The van der Waals surface area contributed by atoms with Crippen LogP contribution in [-0.2, 0) is 14.6 Å². The van der Waals surface area contributed by atoms with Crippen LogP contribution in [0.3, 0.4) is 0 Å². The molecule has 0 amide bonds. The molecule has 4 aliphatic heterocycles. The van der Waals surface area contributed by atoms with Gasteiger partial charge >= 0.3 is 0 Å². The molecule has 0 aromatic rings.